The first kappa shape index (κ1) is 35.2. The Labute approximate surface area is 272 Å². The number of hydrogen-bond donors (Lipinski definition) is 2. The zero-order valence-electron chi connectivity index (χ0n) is 26.7. The number of nitrogens with one attached hydrogen (secondary N) is 1. The summed E-state index contributed by atoms with van der Waals surface area (Å²) >= 11 is 0. The number of benzene rings is 1. The molecule has 2 aromatic rings. The maximum absolute atomic E-state index is 14.2. The number of aromatic nitrogens is 3. The summed E-state index contributed by atoms with van der Waals surface area (Å²) < 4.78 is 78.8. The van der Waals surface area contributed by atoms with Gasteiger partial charge in [-0.2, -0.15) is 0 Å². The van der Waals surface area contributed by atoms with Gasteiger partial charge in [-0.3, -0.25) is 9.69 Å². The maximum atomic E-state index is 14.2. The Balaban J connectivity index is 1.18. The van der Waals surface area contributed by atoms with E-state index in [1.54, 1.807) is 20.8 Å². The van der Waals surface area contributed by atoms with Gasteiger partial charge in [-0.15, -0.1) is 10.2 Å². The van der Waals surface area contributed by atoms with Gasteiger partial charge < -0.3 is 24.4 Å². The number of nitrogens with zero attached hydrogens (tertiary/aromatic N) is 6. The first-order valence-electron chi connectivity index (χ1n) is 15.8. The second-order valence-corrected chi connectivity index (χ2v) is 15.0. The Morgan fingerprint density at radius 2 is 1.96 bits per heavy atom. The standard InChI is InChI=1S/C30H42F3N7O6S/c1-4-47(43,44)37-22-7-8-30(42,45-15-22)18-38-11-9-29(10-12-38)16-39(17-29)26-27(36-35-19-34-26)46-24-6-5-21(31)13-23(24)28(41)40(20(2)3)14-25(32)33/h5-6,13,19-20,22,25,37,42H,4,7-12,14-18H2,1-3H3/t22-,30-/m1/s1. The van der Waals surface area contributed by atoms with Crippen LogP contribution >= 0.6 is 0 Å². The average molecular weight is 686 g/mol. The number of amides is 1. The molecule has 1 aromatic heterocycles. The third-order valence-corrected chi connectivity index (χ3v) is 10.5. The highest BCUT2D eigenvalue weighted by molar-refractivity contribution is 7.89. The molecule has 1 spiro atoms. The van der Waals surface area contributed by atoms with E-state index in [0.29, 0.717) is 38.3 Å². The number of sulfonamides is 1. The van der Waals surface area contributed by atoms with Crippen molar-refractivity contribution in [2.45, 2.75) is 70.8 Å². The Kier molecular flexibility index (Phi) is 10.6. The summed E-state index contributed by atoms with van der Waals surface area (Å²) in [5, 5.41) is 18.9. The van der Waals surface area contributed by atoms with Crippen LogP contribution < -0.4 is 14.4 Å². The molecular formula is C30H42F3N7O6S. The number of aliphatic hydroxyl groups is 1. The Bertz CT molecular complexity index is 1510. The van der Waals surface area contributed by atoms with Crippen molar-refractivity contribution >= 4 is 21.7 Å². The van der Waals surface area contributed by atoms with E-state index in [1.165, 1.54) is 12.4 Å². The molecule has 0 bridgehead atoms. The summed E-state index contributed by atoms with van der Waals surface area (Å²) in [6.45, 7) is 7.18. The van der Waals surface area contributed by atoms with Crippen molar-refractivity contribution < 1.29 is 41.0 Å². The van der Waals surface area contributed by atoms with Crippen LogP contribution in [0.2, 0.25) is 0 Å². The number of piperidine rings is 1. The molecule has 2 N–H and O–H groups in total. The lowest BCUT2D eigenvalue weighted by Crippen LogP contribution is -2.62. The third-order valence-electron chi connectivity index (χ3n) is 9.07. The van der Waals surface area contributed by atoms with Crippen LogP contribution in [0.1, 0.15) is 56.8 Å². The van der Waals surface area contributed by atoms with Gasteiger partial charge in [0, 0.05) is 37.0 Å². The molecule has 0 radical (unpaired) electrons. The molecule has 3 aliphatic heterocycles. The number of likely N-dealkylation sites (tertiary alicyclic amines) is 1. The summed E-state index contributed by atoms with van der Waals surface area (Å²) in [6.07, 6.45) is 1.04. The van der Waals surface area contributed by atoms with E-state index in [1.807, 2.05) is 4.90 Å². The SMILES string of the molecule is CCS(=O)(=O)N[C@@H]1CC[C@](O)(CN2CCC3(CC2)CN(c2ncnnc2Oc2ccc(F)cc2C(=O)N(CC(F)F)C(C)C)C3)OC1. The highest BCUT2D eigenvalue weighted by Crippen LogP contribution is 2.45. The van der Waals surface area contributed by atoms with Crippen molar-refractivity contribution in [2.24, 2.45) is 5.41 Å². The van der Waals surface area contributed by atoms with Gasteiger partial charge in [0.1, 0.15) is 17.9 Å². The first-order valence-corrected chi connectivity index (χ1v) is 17.4. The summed E-state index contributed by atoms with van der Waals surface area (Å²) in [7, 11) is -3.35. The minimum atomic E-state index is -3.35. The van der Waals surface area contributed by atoms with Gasteiger partial charge in [0.2, 0.25) is 10.0 Å². The molecule has 0 unspecified atom stereocenters. The van der Waals surface area contributed by atoms with E-state index in [2.05, 4.69) is 24.8 Å². The van der Waals surface area contributed by atoms with Crippen LogP contribution in [-0.4, -0.2) is 120 Å². The van der Waals surface area contributed by atoms with Crippen molar-refractivity contribution in [2.75, 3.05) is 56.5 Å². The van der Waals surface area contributed by atoms with Gasteiger partial charge >= 0.3 is 0 Å². The van der Waals surface area contributed by atoms with Crippen molar-refractivity contribution in [3.05, 3.63) is 35.9 Å². The zero-order chi connectivity index (χ0) is 34.0. The van der Waals surface area contributed by atoms with Crippen LogP contribution in [0.5, 0.6) is 11.6 Å². The van der Waals surface area contributed by atoms with Crippen molar-refractivity contribution in [3.8, 4) is 11.6 Å². The number of ether oxygens (including phenoxy) is 2. The zero-order valence-corrected chi connectivity index (χ0v) is 27.6. The van der Waals surface area contributed by atoms with Crippen LogP contribution in [0.15, 0.2) is 24.5 Å². The van der Waals surface area contributed by atoms with Gasteiger partial charge in [-0.25, -0.2) is 31.3 Å². The molecule has 0 saturated carbocycles. The molecule has 3 saturated heterocycles. The number of carbonyl (C=O) groups is 1. The van der Waals surface area contributed by atoms with Gasteiger partial charge in [0.05, 0.1) is 31.0 Å². The molecule has 260 valence electrons. The van der Waals surface area contributed by atoms with Gasteiger partial charge in [-0.1, -0.05) is 0 Å². The van der Waals surface area contributed by atoms with Crippen molar-refractivity contribution in [1.29, 1.82) is 0 Å². The molecule has 3 fully saturated rings. The molecule has 1 aromatic carbocycles. The summed E-state index contributed by atoms with van der Waals surface area (Å²) in [6, 6.07) is 2.39. The predicted octanol–water partition coefficient (Wildman–Crippen LogP) is 2.63. The lowest BCUT2D eigenvalue weighted by Gasteiger charge is -2.55. The van der Waals surface area contributed by atoms with Crippen LogP contribution in [-0.2, 0) is 14.8 Å². The molecule has 47 heavy (non-hydrogen) atoms. The van der Waals surface area contributed by atoms with Crippen LogP contribution in [0.25, 0.3) is 0 Å². The van der Waals surface area contributed by atoms with E-state index < -0.39 is 46.5 Å². The van der Waals surface area contributed by atoms with Gasteiger partial charge in [-0.05, 0) is 71.3 Å². The number of halogens is 3. The molecule has 3 aliphatic rings. The Morgan fingerprint density at radius 3 is 2.57 bits per heavy atom. The lowest BCUT2D eigenvalue weighted by molar-refractivity contribution is -0.239. The summed E-state index contributed by atoms with van der Waals surface area (Å²) in [4.78, 5) is 22.7. The molecule has 0 aliphatic carbocycles. The normalized spacial score (nSPS) is 23.3. The van der Waals surface area contributed by atoms with Crippen LogP contribution in [0, 0.1) is 11.2 Å². The number of hydrogen-bond acceptors (Lipinski definition) is 11. The van der Waals surface area contributed by atoms with E-state index in [9.17, 15) is 31.5 Å². The summed E-state index contributed by atoms with van der Waals surface area (Å²) in [5.41, 5.74) is -0.215. The second kappa shape index (κ2) is 14.2. The monoisotopic (exact) mass is 685 g/mol. The smallest absolute Gasteiger partial charge is 0.282 e. The lowest BCUT2D eigenvalue weighted by atomic mass is 9.72. The average Bonchev–Trinajstić information content (AvgIpc) is 3.01. The fourth-order valence-corrected chi connectivity index (χ4v) is 7.23. The van der Waals surface area contributed by atoms with Crippen LogP contribution in [0.3, 0.4) is 0 Å². The number of anilines is 1. The number of alkyl halides is 2. The van der Waals surface area contributed by atoms with E-state index in [0.717, 1.165) is 43.0 Å². The molecule has 13 nitrogen and oxygen atoms in total. The highest BCUT2D eigenvalue weighted by atomic mass is 32.2. The second-order valence-electron chi connectivity index (χ2n) is 12.9. The minimum absolute atomic E-state index is 0.00148. The third kappa shape index (κ3) is 8.49. The Hall–Kier alpha value is -3.12. The minimum Gasteiger partial charge on any atom is -0.434 e. The molecule has 1 amide bonds. The van der Waals surface area contributed by atoms with E-state index >= 15 is 0 Å². The maximum Gasteiger partial charge on any atom is 0.282 e. The van der Waals surface area contributed by atoms with Crippen molar-refractivity contribution in [1.82, 2.24) is 29.7 Å². The quantitative estimate of drug-likeness (QED) is 0.340. The van der Waals surface area contributed by atoms with Gasteiger partial charge in [0.25, 0.3) is 18.2 Å². The van der Waals surface area contributed by atoms with Crippen molar-refractivity contribution in [3.63, 3.8) is 0 Å². The predicted molar refractivity (Wildman–Crippen MR) is 165 cm³/mol. The van der Waals surface area contributed by atoms with Crippen LogP contribution in [0.4, 0.5) is 19.0 Å². The first-order chi connectivity index (χ1) is 22.2. The largest absolute Gasteiger partial charge is 0.434 e. The molecule has 2 atom stereocenters. The molecule has 17 heteroatoms. The van der Waals surface area contributed by atoms with E-state index in [-0.39, 0.29) is 41.0 Å². The van der Waals surface area contributed by atoms with E-state index in [4.69, 9.17) is 9.47 Å². The fourth-order valence-electron chi connectivity index (χ4n) is 6.37. The molecule has 4 heterocycles. The Morgan fingerprint density at radius 1 is 1.23 bits per heavy atom. The summed E-state index contributed by atoms with van der Waals surface area (Å²) in [5.74, 6) is -2.53. The fraction of sp³-hybridized carbons (Fsp3) is 0.667. The highest BCUT2D eigenvalue weighted by Gasteiger charge is 2.47. The van der Waals surface area contributed by atoms with Gasteiger partial charge in [0.15, 0.2) is 11.6 Å². The molecule has 5 rings (SSSR count). The number of carbonyl (C=O) groups excluding carboxylic acids is 1. The molecular weight excluding hydrogens is 643 g/mol. The number of rotatable bonds is 12. The number of β-amino-alcohol motifs (C(OH)–C–C–N with tert-alkyl or cyclic N) is 1. The topological polar surface area (TPSA) is 150 Å².